The number of hydrogen-bond donors (Lipinski definition) is 3. The minimum absolute atomic E-state index is 0.0544. The Labute approximate surface area is 60.5 Å². The van der Waals surface area contributed by atoms with Gasteiger partial charge in [0.15, 0.2) is 0 Å². The Kier molecular flexibility index (Phi) is 3.57. The van der Waals surface area contributed by atoms with Crippen molar-refractivity contribution >= 4 is 0 Å². The molecule has 0 heterocycles. The SMILES string of the molecule is C=C(O)CC[C@@H](N)C(=C)O. The summed E-state index contributed by atoms with van der Waals surface area (Å²) < 4.78 is 0. The van der Waals surface area contributed by atoms with Gasteiger partial charge in [-0.15, -0.1) is 0 Å². The van der Waals surface area contributed by atoms with Crippen molar-refractivity contribution in [3.63, 3.8) is 0 Å². The van der Waals surface area contributed by atoms with Gasteiger partial charge in [-0.05, 0) is 6.42 Å². The number of aliphatic hydroxyl groups excluding tert-OH is 2. The zero-order chi connectivity index (χ0) is 8.15. The Morgan fingerprint density at radius 2 is 1.90 bits per heavy atom. The van der Waals surface area contributed by atoms with Crippen molar-refractivity contribution in [3.8, 4) is 0 Å². The highest BCUT2D eigenvalue weighted by atomic mass is 16.3. The molecule has 0 aromatic rings. The average Bonchev–Trinajstić information content (AvgIpc) is 1.82. The molecule has 58 valence electrons. The van der Waals surface area contributed by atoms with Crippen molar-refractivity contribution in [1.82, 2.24) is 0 Å². The van der Waals surface area contributed by atoms with Crippen molar-refractivity contribution < 1.29 is 10.2 Å². The lowest BCUT2D eigenvalue weighted by atomic mass is 10.1. The summed E-state index contributed by atoms with van der Waals surface area (Å²) in [6.45, 7) is 6.53. The maximum Gasteiger partial charge on any atom is 0.102 e. The maximum absolute atomic E-state index is 8.70. The minimum Gasteiger partial charge on any atom is -0.513 e. The van der Waals surface area contributed by atoms with E-state index in [1.165, 1.54) is 0 Å². The lowest BCUT2D eigenvalue weighted by Crippen LogP contribution is -2.21. The monoisotopic (exact) mass is 143 g/mol. The second-order valence-electron chi connectivity index (χ2n) is 2.20. The van der Waals surface area contributed by atoms with Crippen molar-refractivity contribution in [2.75, 3.05) is 0 Å². The van der Waals surface area contributed by atoms with E-state index in [2.05, 4.69) is 13.2 Å². The van der Waals surface area contributed by atoms with Gasteiger partial charge in [0.25, 0.3) is 0 Å². The van der Waals surface area contributed by atoms with E-state index in [4.69, 9.17) is 15.9 Å². The largest absolute Gasteiger partial charge is 0.513 e. The van der Waals surface area contributed by atoms with E-state index in [0.29, 0.717) is 12.8 Å². The second-order valence-corrected chi connectivity index (χ2v) is 2.20. The van der Waals surface area contributed by atoms with Crippen LogP contribution in [-0.4, -0.2) is 16.3 Å². The van der Waals surface area contributed by atoms with Gasteiger partial charge in [-0.1, -0.05) is 13.2 Å². The van der Waals surface area contributed by atoms with E-state index in [1.54, 1.807) is 0 Å². The lowest BCUT2D eigenvalue weighted by Gasteiger charge is -2.07. The van der Waals surface area contributed by atoms with Gasteiger partial charge in [0.05, 0.1) is 11.8 Å². The molecule has 3 heteroatoms. The Bertz CT molecular complexity index is 143. The average molecular weight is 143 g/mol. The molecule has 0 bridgehead atoms. The smallest absolute Gasteiger partial charge is 0.102 e. The molecule has 0 saturated carbocycles. The third kappa shape index (κ3) is 3.97. The Morgan fingerprint density at radius 1 is 1.40 bits per heavy atom. The Balaban J connectivity index is 3.49. The number of aliphatic hydroxyl groups is 2. The molecule has 0 spiro atoms. The molecule has 0 fully saturated rings. The number of allylic oxidation sites excluding steroid dienone is 1. The molecule has 0 aliphatic rings. The minimum atomic E-state index is -0.455. The number of nitrogens with two attached hydrogens (primary N) is 1. The first-order valence-corrected chi connectivity index (χ1v) is 3.04. The fourth-order valence-electron chi connectivity index (χ4n) is 0.489. The molecule has 0 rings (SSSR count). The van der Waals surface area contributed by atoms with Crippen LogP contribution in [0.25, 0.3) is 0 Å². The first kappa shape index (κ1) is 9.04. The predicted molar refractivity (Wildman–Crippen MR) is 40.7 cm³/mol. The fourth-order valence-corrected chi connectivity index (χ4v) is 0.489. The van der Waals surface area contributed by atoms with Crippen LogP contribution in [0.5, 0.6) is 0 Å². The van der Waals surface area contributed by atoms with Gasteiger partial charge >= 0.3 is 0 Å². The van der Waals surface area contributed by atoms with E-state index >= 15 is 0 Å². The number of hydrogen-bond acceptors (Lipinski definition) is 3. The first-order chi connectivity index (χ1) is 4.54. The molecule has 3 nitrogen and oxygen atoms in total. The summed E-state index contributed by atoms with van der Waals surface area (Å²) in [5, 5.41) is 17.3. The van der Waals surface area contributed by atoms with Crippen LogP contribution in [0.3, 0.4) is 0 Å². The highest BCUT2D eigenvalue weighted by Crippen LogP contribution is 2.04. The van der Waals surface area contributed by atoms with Gasteiger partial charge in [0, 0.05) is 6.42 Å². The van der Waals surface area contributed by atoms with Crippen molar-refractivity contribution in [1.29, 1.82) is 0 Å². The van der Waals surface area contributed by atoms with E-state index < -0.39 is 6.04 Å². The molecular weight excluding hydrogens is 130 g/mol. The normalized spacial score (nSPS) is 12.5. The maximum atomic E-state index is 8.70. The van der Waals surface area contributed by atoms with E-state index in [0.717, 1.165) is 0 Å². The highest BCUT2D eigenvalue weighted by Gasteiger charge is 2.04. The summed E-state index contributed by atoms with van der Waals surface area (Å²) in [4.78, 5) is 0. The van der Waals surface area contributed by atoms with Crippen LogP contribution in [-0.2, 0) is 0 Å². The summed E-state index contributed by atoms with van der Waals surface area (Å²) >= 11 is 0. The summed E-state index contributed by atoms with van der Waals surface area (Å²) in [5.41, 5.74) is 5.36. The number of rotatable bonds is 4. The van der Waals surface area contributed by atoms with Crippen LogP contribution >= 0.6 is 0 Å². The quantitative estimate of drug-likeness (QED) is 0.518. The molecule has 0 aromatic heterocycles. The second kappa shape index (κ2) is 3.95. The van der Waals surface area contributed by atoms with E-state index in [-0.39, 0.29) is 11.5 Å². The summed E-state index contributed by atoms with van der Waals surface area (Å²) in [5.74, 6) is 0.0259. The standard InChI is InChI=1S/C7H13NO2/c1-5(9)3-4-7(8)6(2)10/h7,9-10H,1-4,8H2/t7-/m1/s1. The van der Waals surface area contributed by atoms with E-state index in [1.807, 2.05) is 0 Å². The van der Waals surface area contributed by atoms with Gasteiger partial charge in [0.1, 0.15) is 5.76 Å². The summed E-state index contributed by atoms with van der Waals surface area (Å²) in [6, 6.07) is -0.455. The van der Waals surface area contributed by atoms with Gasteiger partial charge in [-0.3, -0.25) is 0 Å². The molecule has 1 atom stereocenters. The molecular formula is C7H13NO2. The zero-order valence-corrected chi connectivity index (χ0v) is 5.88. The van der Waals surface area contributed by atoms with Crippen LogP contribution in [0, 0.1) is 0 Å². The van der Waals surface area contributed by atoms with Crippen molar-refractivity contribution in [2.24, 2.45) is 5.73 Å². The van der Waals surface area contributed by atoms with E-state index in [9.17, 15) is 0 Å². The van der Waals surface area contributed by atoms with Crippen LogP contribution in [0.1, 0.15) is 12.8 Å². The lowest BCUT2D eigenvalue weighted by molar-refractivity contribution is 0.343. The van der Waals surface area contributed by atoms with Crippen LogP contribution < -0.4 is 5.73 Å². The first-order valence-electron chi connectivity index (χ1n) is 3.04. The summed E-state index contributed by atoms with van der Waals surface area (Å²) in [6.07, 6.45) is 0.880. The fraction of sp³-hybridized carbons (Fsp3) is 0.429. The molecule has 0 aromatic carbocycles. The molecule has 0 unspecified atom stereocenters. The van der Waals surface area contributed by atoms with Crippen LogP contribution in [0.15, 0.2) is 24.7 Å². The third-order valence-corrected chi connectivity index (χ3v) is 1.17. The predicted octanol–water partition coefficient (Wildman–Crippen LogP) is 1.24. The molecule has 0 amide bonds. The molecule has 4 N–H and O–H groups in total. The van der Waals surface area contributed by atoms with Crippen LogP contribution in [0.2, 0.25) is 0 Å². The third-order valence-electron chi connectivity index (χ3n) is 1.17. The topological polar surface area (TPSA) is 66.5 Å². The molecule has 10 heavy (non-hydrogen) atoms. The van der Waals surface area contributed by atoms with Crippen molar-refractivity contribution in [2.45, 2.75) is 18.9 Å². The summed E-state index contributed by atoms with van der Waals surface area (Å²) in [7, 11) is 0. The zero-order valence-electron chi connectivity index (χ0n) is 5.88. The van der Waals surface area contributed by atoms with Crippen molar-refractivity contribution in [3.05, 3.63) is 24.7 Å². The Morgan fingerprint density at radius 3 is 2.20 bits per heavy atom. The highest BCUT2D eigenvalue weighted by molar-refractivity contribution is 4.94. The van der Waals surface area contributed by atoms with Crippen LogP contribution in [0.4, 0.5) is 0 Å². The molecule has 0 aliphatic carbocycles. The molecule has 0 aliphatic heterocycles. The van der Waals surface area contributed by atoms with Gasteiger partial charge in [-0.25, -0.2) is 0 Å². The van der Waals surface area contributed by atoms with Gasteiger partial charge in [-0.2, -0.15) is 0 Å². The Hall–Kier alpha value is -0.960. The van der Waals surface area contributed by atoms with Gasteiger partial charge < -0.3 is 15.9 Å². The molecule has 0 radical (unpaired) electrons. The van der Waals surface area contributed by atoms with Gasteiger partial charge in [0.2, 0.25) is 0 Å². The molecule has 0 saturated heterocycles.